The zero-order valence-corrected chi connectivity index (χ0v) is 15.9. The Bertz CT molecular complexity index is 823. The molecule has 28 heavy (non-hydrogen) atoms. The number of hydrogen-bond donors (Lipinski definition) is 2. The third-order valence-electron chi connectivity index (χ3n) is 4.24. The monoisotopic (exact) mass is 384 g/mol. The first-order chi connectivity index (χ1) is 13.5. The van der Waals surface area contributed by atoms with Gasteiger partial charge in [-0.2, -0.15) is 0 Å². The van der Waals surface area contributed by atoms with Crippen molar-refractivity contribution in [2.45, 2.75) is 26.5 Å². The fourth-order valence-electron chi connectivity index (χ4n) is 2.77. The van der Waals surface area contributed by atoms with E-state index in [0.29, 0.717) is 30.4 Å². The summed E-state index contributed by atoms with van der Waals surface area (Å²) in [6.07, 6.45) is -0.639. The SMILES string of the molecule is CC(C)[C@H](NC(=O)OCc1ccccc1)C(=O)Nc1ccc2c(c1)OCCO2. The molecule has 0 aromatic heterocycles. The number of nitrogens with one attached hydrogen (secondary N) is 2. The van der Waals surface area contributed by atoms with Crippen molar-refractivity contribution in [2.24, 2.45) is 5.92 Å². The molecule has 1 atom stereocenters. The van der Waals surface area contributed by atoms with Crippen LogP contribution in [0.1, 0.15) is 19.4 Å². The molecule has 0 spiro atoms. The summed E-state index contributed by atoms with van der Waals surface area (Å²) in [5, 5.41) is 5.45. The minimum absolute atomic E-state index is 0.124. The highest BCUT2D eigenvalue weighted by Gasteiger charge is 2.25. The van der Waals surface area contributed by atoms with Crippen LogP contribution in [0.4, 0.5) is 10.5 Å². The lowest BCUT2D eigenvalue weighted by atomic mass is 10.0. The second-order valence-electron chi connectivity index (χ2n) is 6.78. The van der Waals surface area contributed by atoms with Crippen LogP contribution in [0.2, 0.25) is 0 Å². The molecule has 0 fully saturated rings. The average molecular weight is 384 g/mol. The number of anilines is 1. The molecule has 0 aliphatic carbocycles. The molecule has 2 N–H and O–H groups in total. The Morgan fingerprint density at radius 3 is 2.46 bits per heavy atom. The molecule has 3 rings (SSSR count). The highest BCUT2D eigenvalue weighted by atomic mass is 16.6. The van der Waals surface area contributed by atoms with Crippen molar-refractivity contribution in [1.29, 1.82) is 0 Å². The molecule has 2 amide bonds. The molecule has 1 heterocycles. The van der Waals surface area contributed by atoms with Crippen molar-refractivity contribution < 1.29 is 23.8 Å². The lowest BCUT2D eigenvalue weighted by Gasteiger charge is -2.22. The van der Waals surface area contributed by atoms with E-state index in [2.05, 4.69) is 10.6 Å². The molecule has 0 bridgehead atoms. The van der Waals surface area contributed by atoms with E-state index >= 15 is 0 Å². The van der Waals surface area contributed by atoms with Crippen LogP contribution in [0.3, 0.4) is 0 Å². The molecule has 0 unspecified atom stereocenters. The topological polar surface area (TPSA) is 85.9 Å². The van der Waals surface area contributed by atoms with Crippen molar-refractivity contribution in [3.05, 3.63) is 54.1 Å². The normalized spacial score (nSPS) is 13.5. The molecular weight excluding hydrogens is 360 g/mol. The molecule has 7 nitrogen and oxygen atoms in total. The Labute approximate surface area is 164 Å². The summed E-state index contributed by atoms with van der Waals surface area (Å²) in [6, 6.07) is 13.8. The van der Waals surface area contributed by atoms with Crippen LogP contribution >= 0.6 is 0 Å². The Balaban J connectivity index is 1.58. The standard InChI is InChI=1S/C21H24N2O5/c1-14(2)19(23-21(25)28-13-15-6-4-3-5-7-15)20(24)22-16-8-9-17-18(12-16)27-11-10-26-17/h3-9,12,14,19H,10-11,13H2,1-2H3,(H,22,24)(H,23,25)/t19-/m0/s1. The number of rotatable bonds is 6. The van der Waals surface area contributed by atoms with Gasteiger partial charge in [-0.1, -0.05) is 44.2 Å². The van der Waals surface area contributed by atoms with E-state index in [9.17, 15) is 9.59 Å². The van der Waals surface area contributed by atoms with Gasteiger partial charge in [0.2, 0.25) is 5.91 Å². The Morgan fingerprint density at radius 1 is 1.04 bits per heavy atom. The van der Waals surface area contributed by atoms with Crippen molar-refractivity contribution in [3.63, 3.8) is 0 Å². The molecule has 1 aliphatic rings. The smallest absolute Gasteiger partial charge is 0.408 e. The summed E-state index contributed by atoms with van der Waals surface area (Å²) in [6.45, 7) is 4.81. The van der Waals surface area contributed by atoms with E-state index in [1.54, 1.807) is 18.2 Å². The van der Waals surface area contributed by atoms with E-state index in [0.717, 1.165) is 5.56 Å². The molecule has 0 radical (unpaired) electrons. The summed E-state index contributed by atoms with van der Waals surface area (Å²) in [5.74, 6) is 0.775. The highest BCUT2D eigenvalue weighted by Crippen LogP contribution is 2.32. The van der Waals surface area contributed by atoms with E-state index < -0.39 is 12.1 Å². The van der Waals surface area contributed by atoms with Gasteiger partial charge < -0.3 is 24.8 Å². The minimum atomic E-state index is -0.739. The third-order valence-corrected chi connectivity index (χ3v) is 4.24. The maximum absolute atomic E-state index is 12.7. The summed E-state index contributed by atoms with van der Waals surface area (Å²) in [5.41, 5.74) is 1.44. The van der Waals surface area contributed by atoms with Crippen molar-refractivity contribution in [2.75, 3.05) is 18.5 Å². The van der Waals surface area contributed by atoms with Crippen LogP contribution in [-0.4, -0.2) is 31.3 Å². The fraction of sp³-hybridized carbons (Fsp3) is 0.333. The molecule has 1 aliphatic heterocycles. The molecule has 148 valence electrons. The van der Waals surface area contributed by atoms with Gasteiger partial charge in [0.05, 0.1) is 0 Å². The molecule has 2 aromatic carbocycles. The maximum Gasteiger partial charge on any atom is 0.408 e. The van der Waals surface area contributed by atoms with Crippen LogP contribution in [0.25, 0.3) is 0 Å². The summed E-state index contributed by atoms with van der Waals surface area (Å²) >= 11 is 0. The third kappa shape index (κ3) is 5.16. The average Bonchev–Trinajstić information content (AvgIpc) is 2.71. The number of ether oxygens (including phenoxy) is 3. The van der Waals surface area contributed by atoms with Crippen LogP contribution in [-0.2, 0) is 16.1 Å². The largest absolute Gasteiger partial charge is 0.486 e. The lowest BCUT2D eigenvalue weighted by molar-refractivity contribution is -0.119. The van der Waals surface area contributed by atoms with E-state index in [1.165, 1.54) is 0 Å². The van der Waals surface area contributed by atoms with Gasteiger partial charge in [-0.25, -0.2) is 4.79 Å². The summed E-state index contributed by atoms with van der Waals surface area (Å²) in [4.78, 5) is 24.8. The van der Waals surface area contributed by atoms with Gasteiger partial charge in [-0.3, -0.25) is 4.79 Å². The minimum Gasteiger partial charge on any atom is -0.486 e. The predicted octanol–water partition coefficient (Wildman–Crippen LogP) is 3.35. The van der Waals surface area contributed by atoms with Crippen LogP contribution in [0, 0.1) is 5.92 Å². The second-order valence-corrected chi connectivity index (χ2v) is 6.78. The second kappa shape index (κ2) is 9.12. The van der Waals surface area contributed by atoms with Gasteiger partial charge in [0.15, 0.2) is 11.5 Å². The van der Waals surface area contributed by atoms with Gasteiger partial charge in [0.25, 0.3) is 0 Å². The Hall–Kier alpha value is -3.22. The Morgan fingerprint density at radius 2 is 1.75 bits per heavy atom. The Kier molecular flexibility index (Phi) is 6.37. The number of hydrogen-bond acceptors (Lipinski definition) is 5. The summed E-state index contributed by atoms with van der Waals surface area (Å²) in [7, 11) is 0. The number of carbonyl (C=O) groups is 2. The van der Waals surface area contributed by atoms with Gasteiger partial charge in [-0.15, -0.1) is 0 Å². The molecule has 0 saturated carbocycles. The van der Waals surface area contributed by atoms with Crippen molar-refractivity contribution >= 4 is 17.7 Å². The fourth-order valence-corrected chi connectivity index (χ4v) is 2.77. The van der Waals surface area contributed by atoms with Gasteiger partial charge in [0, 0.05) is 11.8 Å². The van der Waals surface area contributed by atoms with Gasteiger partial charge in [0.1, 0.15) is 25.9 Å². The molecule has 2 aromatic rings. The molecular formula is C21H24N2O5. The summed E-state index contributed by atoms with van der Waals surface area (Å²) < 4.78 is 16.2. The van der Waals surface area contributed by atoms with Gasteiger partial charge in [-0.05, 0) is 23.6 Å². The number of alkyl carbamates (subject to hydrolysis) is 1. The van der Waals surface area contributed by atoms with Crippen molar-refractivity contribution in [1.82, 2.24) is 5.32 Å². The van der Waals surface area contributed by atoms with E-state index in [1.807, 2.05) is 44.2 Å². The van der Waals surface area contributed by atoms with E-state index in [-0.39, 0.29) is 18.4 Å². The first kappa shape index (κ1) is 19.5. The number of amides is 2. The highest BCUT2D eigenvalue weighted by molar-refractivity contribution is 5.97. The van der Waals surface area contributed by atoms with E-state index in [4.69, 9.17) is 14.2 Å². The zero-order valence-electron chi connectivity index (χ0n) is 15.9. The molecule has 0 saturated heterocycles. The number of benzene rings is 2. The molecule has 7 heteroatoms. The first-order valence-electron chi connectivity index (χ1n) is 9.20. The van der Waals surface area contributed by atoms with Crippen molar-refractivity contribution in [3.8, 4) is 11.5 Å². The van der Waals surface area contributed by atoms with Crippen LogP contribution < -0.4 is 20.1 Å². The maximum atomic E-state index is 12.7. The number of fused-ring (bicyclic) bond motifs is 1. The quantitative estimate of drug-likeness (QED) is 0.798. The first-order valence-corrected chi connectivity index (χ1v) is 9.20. The number of carbonyl (C=O) groups excluding carboxylic acids is 2. The zero-order chi connectivity index (χ0) is 19.9. The van der Waals surface area contributed by atoms with Crippen LogP contribution in [0.15, 0.2) is 48.5 Å². The lowest BCUT2D eigenvalue weighted by Crippen LogP contribution is -2.47. The van der Waals surface area contributed by atoms with Crippen LogP contribution in [0.5, 0.6) is 11.5 Å². The predicted molar refractivity (Wildman–Crippen MR) is 104 cm³/mol. The van der Waals surface area contributed by atoms with Gasteiger partial charge >= 0.3 is 6.09 Å².